The zero-order chi connectivity index (χ0) is 23.2. The third-order valence-corrected chi connectivity index (χ3v) is 4.68. The first-order valence-corrected chi connectivity index (χ1v) is 9.55. The quantitative estimate of drug-likeness (QED) is 0.587. The van der Waals surface area contributed by atoms with Crippen LogP contribution in [0.15, 0.2) is 36.4 Å². The van der Waals surface area contributed by atoms with Crippen LogP contribution in [0.25, 0.3) is 0 Å². The van der Waals surface area contributed by atoms with Gasteiger partial charge in [-0.1, -0.05) is 6.07 Å². The molecule has 10 heteroatoms. The summed E-state index contributed by atoms with van der Waals surface area (Å²) in [5.74, 6) is -0.157. The molecule has 0 aliphatic carbocycles. The third kappa shape index (κ3) is 7.48. The molecule has 1 aliphatic heterocycles. The number of halogens is 7. The fourth-order valence-electron chi connectivity index (χ4n) is 3.23. The number of nitrogens with one attached hydrogen (secondary N) is 3. The SMILES string of the molecule is CNCc1cc(C(F)(F)F)cc(C(F)(F)F)c1.Cc1cc(F)ccc1C1CNCCN1. The first kappa shape index (κ1) is 25.1. The Kier molecular flexibility index (Phi) is 8.44. The Hall–Kier alpha value is -2.17. The second kappa shape index (κ2) is 10.4. The van der Waals surface area contributed by atoms with Gasteiger partial charge in [0.05, 0.1) is 11.1 Å². The van der Waals surface area contributed by atoms with Gasteiger partial charge in [0.25, 0.3) is 0 Å². The molecule has 3 N–H and O–H groups in total. The zero-order valence-corrected chi connectivity index (χ0v) is 17.0. The van der Waals surface area contributed by atoms with Gasteiger partial charge in [-0.25, -0.2) is 4.39 Å². The van der Waals surface area contributed by atoms with Crippen molar-refractivity contribution in [2.75, 3.05) is 26.7 Å². The topological polar surface area (TPSA) is 36.1 Å². The Balaban J connectivity index is 0.000000224. The molecule has 172 valence electrons. The Morgan fingerprint density at radius 2 is 1.55 bits per heavy atom. The van der Waals surface area contributed by atoms with Gasteiger partial charge in [-0.3, -0.25) is 0 Å². The van der Waals surface area contributed by atoms with Crippen molar-refractivity contribution in [3.63, 3.8) is 0 Å². The molecule has 31 heavy (non-hydrogen) atoms. The smallest absolute Gasteiger partial charge is 0.316 e. The van der Waals surface area contributed by atoms with Crippen molar-refractivity contribution in [3.05, 3.63) is 70.0 Å². The maximum Gasteiger partial charge on any atom is 0.416 e. The molecule has 0 amide bonds. The Labute approximate surface area is 176 Å². The molecule has 1 heterocycles. The number of benzene rings is 2. The number of rotatable bonds is 3. The number of hydrogen-bond acceptors (Lipinski definition) is 3. The van der Waals surface area contributed by atoms with Crippen molar-refractivity contribution >= 4 is 0 Å². The van der Waals surface area contributed by atoms with Gasteiger partial charge in [-0.15, -0.1) is 0 Å². The molecular formula is C21H24F7N3. The predicted molar refractivity (Wildman–Crippen MR) is 104 cm³/mol. The highest BCUT2D eigenvalue weighted by Gasteiger charge is 2.36. The van der Waals surface area contributed by atoms with Crippen molar-refractivity contribution in [1.82, 2.24) is 16.0 Å². The van der Waals surface area contributed by atoms with Gasteiger partial charge in [-0.2, -0.15) is 26.3 Å². The molecule has 1 aliphatic rings. The largest absolute Gasteiger partial charge is 0.416 e. The molecule has 0 aromatic heterocycles. The molecule has 1 atom stereocenters. The van der Waals surface area contributed by atoms with Gasteiger partial charge in [0, 0.05) is 32.2 Å². The van der Waals surface area contributed by atoms with Crippen LogP contribution in [0.3, 0.4) is 0 Å². The molecule has 0 radical (unpaired) electrons. The van der Waals surface area contributed by atoms with Crippen LogP contribution >= 0.6 is 0 Å². The minimum Gasteiger partial charge on any atom is -0.316 e. The van der Waals surface area contributed by atoms with Gasteiger partial charge in [0.15, 0.2) is 0 Å². The highest BCUT2D eigenvalue weighted by Crippen LogP contribution is 2.36. The molecular weight excluding hydrogens is 427 g/mol. The highest BCUT2D eigenvalue weighted by molar-refractivity contribution is 5.33. The summed E-state index contributed by atoms with van der Waals surface area (Å²) in [6.07, 6.45) is -9.58. The molecule has 1 fully saturated rings. The van der Waals surface area contributed by atoms with Gasteiger partial charge < -0.3 is 16.0 Å². The number of piperazine rings is 1. The lowest BCUT2D eigenvalue weighted by molar-refractivity contribution is -0.143. The van der Waals surface area contributed by atoms with Crippen molar-refractivity contribution < 1.29 is 30.7 Å². The number of alkyl halides is 6. The summed E-state index contributed by atoms with van der Waals surface area (Å²) in [6, 6.07) is 6.82. The van der Waals surface area contributed by atoms with Crippen LogP contribution in [0, 0.1) is 12.7 Å². The number of hydrogen-bond donors (Lipinski definition) is 3. The summed E-state index contributed by atoms with van der Waals surface area (Å²) in [5.41, 5.74) is -0.436. The van der Waals surface area contributed by atoms with Gasteiger partial charge in [0.2, 0.25) is 0 Å². The predicted octanol–water partition coefficient (Wildman–Crippen LogP) is 4.81. The Morgan fingerprint density at radius 3 is 2.00 bits per heavy atom. The Bertz CT molecular complexity index is 825. The van der Waals surface area contributed by atoms with Crippen LogP contribution in [-0.4, -0.2) is 26.7 Å². The second-order valence-corrected chi connectivity index (χ2v) is 7.16. The van der Waals surface area contributed by atoms with E-state index >= 15 is 0 Å². The van der Waals surface area contributed by atoms with E-state index in [1.54, 1.807) is 6.07 Å². The van der Waals surface area contributed by atoms with E-state index in [4.69, 9.17) is 0 Å². The summed E-state index contributed by atoms with van der Waals surface area (Å²) in [6.45, 7) is 4.80. The first-order chi connectivity index (χ1) is 14.4. The van der Waals surface area contributed by atoms with Crippen molar-refractivity contribution in [2.24, 2.45) is 0 Å². The van der Waals surface area contributed by atoms with E-state index in [0.29, 0.717) is 18.2 Å². The summed E-state index contributed by atoms with van der Waals surface area (Å²) in [7, 11) is 1.44. The van der Waals surface area contributed by atoms with E-state index in [-0.39, 0.29) is 24.0 Å². The minimum atomic E-state index is -4.79. The van der Waals surface area contributed by atoms with E-state index in [0.717, 1.165) is 25.2 Å². The molecule has 3 rings (SSSR count). The van der Waals surface area contributed by atoms with Crippen LogP contribution in [0.2, 0.25) is 0 Å². The summed E-state index contributed by atoms with van der Waals surface area (Å²) in [4.78, 5) is 0. The maximum atomic E-state index is 12.9. The minimum absolute atomic E-state index is 0.0605. The zero-order valence-electron chi connectivity index (χ0n) is 17.0. The van der Waals surface area contributed by atoms with Gasteiger partial charge in [0.1, 0.15) is 5.82 Å². The van der Waals surface area contributed by atoms with E-state index in [1.807, 2.05) is 13.0 Å². The maximum absolute atomic E-state index is 12.9. The lowest BCUT2D eigenvalue weighted by atomic mass is 10.00. The highest BCUT2D eigenvalue weighted by atomic mass is 19.4. The molecule has 0 saturated carbocycles. The molecule has 2 aromatic carbocycles. The van der Waals surface area contributed by atoms with E-state index in [2.05, 4.69) is 16.0 Å². The van der Waals surface area contributed by atoms with E-state index < -0.39 is 23.5 Å². The molecule has 1 saturated heterocycles. The van der Waals surface area contributed by atoms with Crippen molar-refractivity contribution in [2.45, 2.75) is 31.9 Å². The normalized spacial score (nSPS) is 17.1. The first-order valence-electron chi connectivity index (χ1n) is 9.55. The van der Waals surface area contributed by atoms with Crippen molar-refractivity contribution in [3.8, 4) is 0 Å². The summed E-state index contributed by atoms with van der Waals surface area (Å²) in [5, 5.41) is 9.24. The summed E-state index contributed by atoms with van der Waals surface area (Å²) < 4.78 is 87.2. The van der Waals surface area contributed by atoms with Gasteiger partial charge in [-0.05, 0) is 61.0 Å². The van der Waals surface area contributed by atoms with Crippen LogP contribution < -0.4 is 16.0 Å². The average molecular weight is 451 g/mol. The molecule has 2 aromatic rings. The van der Waals surface area contributed by atoms with E-state index in [1.165, 1.54) is 18.7 Å². The third-order valence-electron chi connectivity index (χ3n) is 4.68. The Morgan fingerprint density at radius 1 is 0.935 bits per heavy atom. The van der Waals surface area contributed by atoms with Gasteiger partial charge >= 0.3 is 12.4 Å². The van der Waals surface area contributed by atoms with Crippen LogP contribution in [0.5, 0.6) is 0 Å². The molecule has 0 bridgehead atoms. The monoisotopic (exact) mass is 451 g/mol. The second-order valence-electron chi connectivity index (χ2n) is 7.16. The van der Waals surface area contributed by atoms with Crippen LogP contribution in [0.4, 0.5) is 30.7 Å². The molecule has 3 nitrogen and oxygen atoms in total. The summed E-state index contributed by atoms with van der Waals surface area (Å²) >= 11 is 0. The molecule has 1 unspecified atom stereocenters. The molecule has 0 spiro atoms. The average Bonchev–Trinajstić information content (AvgIpc) is 2.68. The van der Waals surface area contributed by atoms with Crippen molar-refractivity contribution in [1.29, 1.82) is 0 Å². The van der Waals surface area contributed by atoms with Crippen LogP contribution in [-0.2, 0) is 18.9 Å². The van der Waals surface area contributed by atoms with Crippen LogP contribution in [0.1, 0.15) is 33.9 Å². The fourth-order valence-corrected chi connectivity index (χ4v) is 3.23. The lowest BCUT2D eigenvalue weighted by Crippen LogP contribution is -2.42. The lowest BCUT2D eigenvalue weighted by Gasteiger charge is -2.26. The fraction of sp³-hybridized carbons (Fsp3) is 0.429. The van der Waals surface area contributed by atoms with E-state index in [9.17, 15) is 30.7 Å². The number of aryl methyl sites for hydroxylation is 1. The standard InChI is InChI=1S/C11H15FN2.C10H9F6N/c1-8-6-9(12)2-3-10(8)11-7-13-4-5-14-11;1-17-5-6-2-7(9(11,12)13)4-8(3-6)10(14,15)16/h2-3,6,11,13-14H,4-5,7H2,1H3;2-4,17H,5H2,1H3.